The number of nitrogens with one attached hydrogen (secondary N) is 1. The normalized spacial score (nSPS) is 11.9. The second-order valence-corrected chi connectivity index (χ2v) is 7.93. The minimum Gasteiger partial charge on any atom is -0.342 e. The number of carbonyl (C=O) groups excluding carboxylic acids is 1. The molecule has 0 saturated heterocycles. The highest BCUT2D eigenvalue weighted by Crippen LogP contribution is 2.26. The highest BCUT2D eigenvalue weighted by atomic mass is 35.5. The van der Waals surface area contributed by atoms with Crippen LogP contribution in [0.4, 0.5) is 0 Å². The number of hydrogen-bond acceptors (Lipinski definition) is 4. The fourth-order valence-corrected chi connectivity index (χ4v) is 4.12. The van der Waals surface area contributed by atoms with Gasteiger partial charge in [-0.25, -0.2) is 9.97 Å². The van der Waals surface area contributed by atoms with Crippen LogP contribution in [0.25, 0.3) is 10.6 Å². The van der Waals surface area contributed by atoms with E-state index in [0.29, 0.717) is 5.02 Å². The minimum atomic E-state index is -0.324. The van der Waals surface area contributed by atoms with Crippen LogP contribution < -0.4 is 5.32 Å². The zero-order valence-corrected chi connectivity index (χ0v) is 17.3. The fraction of sp³-hybridized carbons (Fsp3) is 0.136. The maximum Gasteiger partial charge on any atom is 0.226 e. The van der Waals surface area contributed by atoms with Crippen LogP contribution in [-0.4, -0.2) is 20.4 Å². The number of halogens is 1. The molecule has 1 amide bonds. The molecule has 0 radical (unpaired) electrons. The average Bonchev–Trinajstić information content (AvgIpc) is 3.36. The van der Waals surface area contributed by atoms with E-state index in [1.54, 1.807) is 6.20 Å². The molecule has 1 atom stereocenters. The largest absolute Gasteiger partial charge is 0.342 e. The zero-order chi connectivity index (χ0) is 20.2. The van der Waals surface area contributed by atoms with Crippen LogP contribution in [0.15, 0.2) is 72.4 Å². The van der Waals surface area contributed by atoms with Crippen LogP contribution in [0.3, 0.4) is 0 Å². The van der Waals surface area contributed by atoms with Gasteiger partial charge >= 0.3 is 0 Å². The molecular formula is C22H19ClN4OS. The Morgan fingerprint density at radius 2 is 2.03 bits per heavy atom. The monoisotopic (exact) mass is 422 g/mol. The molecule has 146 valence electrons. The lowest BCUT2D eigenvalue weighted by atomic mass is 10.1. The van der Waals surface area contributed by atoms with Crippen molar-refractivity contribution >= 4 is 28.8 Å². The Bertz CT molecular complexity index is 1120. The van der Waals surface area contributed by atoms with Crippen molar-refractivity contribution in [2.75, 3.05) is 0 Å². The van der Waals surface area contributed by atoms with Crippen LogP contribution in [-0.2, 0) is 18.3 Å². The van der Waals surface area contributed by atoms with E-state index in [0.717, 1.165) is 27.7 Å². The number of amides is 1. The Balaban J connectivity index is 1.51. The molecule has 29 heavy (non-hydrogen) atoms. The number of thiazole rings is 1. The van der Waals surface area contributed by atoms with Crippen molar-refractivity contribution in [3.05, 3.63) is 94.5 Å². The van der Waals surface area contributed by atoms with Crippen LogP contribution >= 0.6 is 22.9 Å². The van der Waals surface area contributed by atoms with Gasteiger partial charge in [0, 0.05) is 35.4 Å². The molecule has 2 heterocycles. The third-order valence-corrected chi connectivity index (χ3v) is 5.70. The maximum atomic E-state index is 12.8. The van der Waals surface area contributed by atoms with Crippen molar-refractivity contribution in [2.45, 2.75) is 12.5 Å². The molecule has 4 rings (SSSR count). The highest BCUT2D eigenvalue weighted by Gasteiger charge is 2.21. The molecule has 0 unspecified atom stereocenters. The van der Waals surface area contributed by atoms with Crippen molar-refractivity contribution in [3.63, 3.8) is 0 Å². The molecule has 0 bridgehead atoms. The van der Waals surface area contributed by atoms with Crippen LogP contribution in [0.1, 0.15) is 23.1 Å². The number of nitrogens with zero attached hydrogens (tertiary/aromatic N) is 3. The number of aryl methyl sites for hydroxylation is 1. The molecule has 0 aliphatic heterocycles. The van der Waals surface area contributed by atoms with Gasteiger partial charge in [-0.15, -0.1) is 11.3 Å². The van der Waals surface area contributed by atoms with Gasteiger partial charge in [0.05, 0.1) is 12.1 Å². The van der Waals surface area contributed by atoms with Gasteiger partial charge in [-0.2, -0.15) is 0 Å². The molecule has 2 aromatic heterocycles. The molecule has 2 aromatic carbocycles. The van der Waals surface area contributed by atoms with Gasteiger partial charge in [-0.1, -0.05) is 54.1 Å². The van der Waals surface area contributed by atoms with Gasteiger partial charge in [0.25, 0.3) is 0 Å². The van der Waals surface area contributed by atoms with Crippen molar-refractivity contribution in [2.24, 2.45) is 7.05 Å². The summed E-state index contributed by atoms with van der Waals surface area (Å²) in [6.45, 7) is 0. The molecule has 0 aliphatic rings. The van der Waals surface area contributed by atoms with Crippen LogP contribution in [0.2, 0.25) is 5.02 Å². The summed E-state index contributed by atoms with van der Waals surface area (Å²) in [5.41, 5.74) is 2.66. The lowest BCUT2D eigenvalue weighted by molar-refractivity contribution is -0.121. The molecule has 0 aliphatic carbocycles. The summed E-state index contributed by atoms with van der Waals surface area (Å²) in [5, 5.41) is 6.53. The van der Waals surface area contributed by atoms with Gasteiger partial charge in [0.2, 0.25) is 5.91 Å². The summed E-state index contributed by atoms with van der Waals surface area (Å²) in [6, 6.07) is 17.1. The Kier molecular flexibility index (Phi) is 5.74. The summed E-state index contributed by atoms with van der Waals surface area (Å²) >= 11 is 7.57. The summed E-state index contributed by atoms with van der Waals surface area (Å²) in [6.07, 6.45) is 3.80. The molecule has 4 aromatic rings. The lowest BCUT2D eigenvalue weighted by Gasteiger charge is -2.19. The number of imidazole rings is 1. The van der Waals surface area contributed by atoms with Crippen LogP contribution in [0, 0.1) is 0 Å². The second kappa shape index (κ2) is 8.59. The zero-order valence-electron chi connectivity index (χ0n) is 15.7. The Morgan fingerprint density at radius 3 is 2.76 bits per heavy atom. The Hall–Kier alpha value is -2.96. The molecule has 0 saturated carbocycles. The number of hydrogen-bond donors (Lipinski definition) is 1. The highest BCUT2D eigenvalue weighted by molar-refractivity contribution is 7.13. The van der Waals surface area contributed by atoms with E-state index in [-0.39, 0.29) is 18.4 Å². The predicted octanol–water partition coefficient (Wildman–Crippen LogP) is 4.65. The predicted molar refractivity (Wildman–Crippen MR) is 116 cm³/mol. The number of aromatic nitrogens is 3. The van der Waals surface area contributed by atoms with Crippen molar-refractivity contribution in [1.29, 1.82) is 0 Å². The first-order chi connectivity index (χ1) is 14.1. The number of carbonyl (C=O) groups is 1. The van der Waals surface area contributed by atoms with Crippen molar-refractivity contribution in [1.82, 2.24) is 19.9 Å². The summed E-state index contributed by atoms with van der Waals surface area (Å²) in [5.74, 6) is 0.673. The van der Waals surface area contributed by atoms with Gasteiger partial charge in [0.15, 0.2) is 0 Å². The summed E-state index contributed by atoms with van der Waals surface area (Å²) in [4.78, 5) is 21.8. The second-order valence-electron chi connectivity index (χ2n) is 6.64. The third kappa shape index (κ3) is 4.55. The van der Waals surface area contributed by atoms with E-state index in [9.17, 15) is 4.79 Å². The minimum absolute atomic E-state index is 0.107. The number of rotatable bonds is 6. The van der Waals surface area contributed by atoms with Gasteiger partial charge in [-0.05, 0) is 17.7 Å². The van der Waals surface area contributed by atoms with Crippen LogP contribution in [0.5, 0.6) is 0 Å². The first-order valence-electron chi connectivity index (χ1n) is 9.12. The topological polar surface area (TPSA) is 59.8 Å². The first kappa shape index (κ1) is 19.4. The van der Waals surface area contributed by atoms with E-state index >= 15 is 0 Å². The summed E-state index contributed by atoms with van der Waals surface area (Å²) < 4.78 is 1.91. The Morgan fingerprint density at radius 1 is 1.21 bits per heavy atom. The average molecular weight is 423 g/mol. The molecule has 5 nitrogen and oxygen atoms in total. The standard InChI is InChI=1S/C22H19ClN4OS/c1-27-11-10-24-21(27)20(15-6-3-2-4-7-15)26-19(28)13-18-14-29-22(25-18)16-8-5-9-17(23)12-16/h2-12,14,20H,13H2,1H3,(H,26,28)/t20-/m1/s1. The van der Waals surface area contributed by atoms with E-state index in [2.05, 4.69) is 15.3 Å². The first-order valence-corrected chi connectivity index (χ1v) is 10.4. The van der Waals surface area contributed by atoms with E-state index in [4.69, 9.17) is 11.6 Å². The lowest BCUT2D eigenvalue weighted by Crippen LogP contribution is -2.32. The Labute approximate surface area is 178 Å². The summed E-state index contributed by atoms with van der Waals surface area (Å²) in [7, 11) is 1.92. The maximum absolute atomic E-state index is 12.8. The molecule has 0 spiro atoms. The fourth-order valence-electron chi connectivity index (χ4n) is 3.12. The molecule has 0 fully saturated rings. The molecule has 1 N–H and O–H groups in total. The third-order valence-electron chi connectivity index (χ3n) is 4.52. The quantitative estimate of drug-likeness (QED) is 0.492. The smallest absolute Gasteiger partial charge is 0.226 e. The van der Waals surface area contributed by atoms with Gasteiger partial charge < -0.3 is 9.88 Å². The molecule has 7 heteroatoms. The van der Waals surface area contributed by atoms with E-state index in [1.165, 1.54) is 11.3 Å². The van der Waals surface area contributed by atoms with Gasteiger partial charge in [-0.3, -0.25) is 4.79 Å². The van der Waals surface area contributed by atoms with Gasteiger partial charge in [0.1, 0.15) is 16.9 Å². The molecular weight excluding hydrogens is 404 g/mol. The SMILES string of the molecule is Cn1ccnc1[C@H](NC(=O)Cc1csc(-c2cccc(Cl)c2)n1)c1ccccc1. The van der Waals surface area contributed by atoms with E-state index < -0.39 is 0 Å². The van der Waals surface area contributed by atoms with Crippen molar-refractivity contribution < 1.29 is 4.79 Å². The van der Waals surface area contributed by atoms with E-state index in [1.807, 2.05) is 77.8 Å². The van der Waals surface area contributed by atoms with Crippen molar-refractivity contribution in [3.8, 4) is 10.6 Å². The number of benzene rings is 2.